The first-order chi connectivity index (χ1) is 9.63. The maximum Gasteiger partial charge on any atom is 0.205 e. The Morgan fingerprint density at radius 1 is 1.45 bits per heavy atom. The van der Waals surface area contributed by atoms with E-state index in [2.05, 4.69) is 41.8 Å². The van der Waals surface area contributed by atoms with Gasteiger partial charge >= 0.3 is 0 Å². The van der Waals surface area contributed by atoms with Crippen LogP contribution in [0.1, 0.15) is 39.3 Å². The normalized spacial score (nSPS) is 19.9. The summed E-state index contributed by atoms with van der Waals surface area (Å²) < 4.78 is 2.37. The molecule has 1 saturated heterocycles. The summed E-state index contributed by atoms with van der Waals surface area (Å²) in [6.45, 7) is 11.2. The maximum atomic E-state index is 4.87. The lowest BCUT2D eigenvalue weighted by Gasteiger charge is -2.34. The fourth-order valence-corrected chi connectivity index (χ4v) is 3.11. The van der Waals surface area contributed by atoms with E-state index in [0.717, 1.165) is 38.5 Å². The van der Waals surface area contributed by atoms with Crippen LogP contribution in [-0.2, 0) is 13.0 Å². The van der Waals surface area contributed by atoms with Crippen LogP contribution in [0.5, 0.6) is 0 Å². The van der Waals surface area contributed by atoms with Gasteiger partial charge in [0.2, 0.25) is 5.95 Å². The second-order valence-electron chi connectivity index (χ2n) is 6.44. The molecular weight excluding hydrogens is 248 g/mol. The van der Waals surface area contributed by atoms with Crippen LogP contribution in [0.3, 0.4) is 0 Å². The average molecular weight is 278 g/mol. The molecule has 20 heavy (non-hydrogen) atoms. The van der Waals surface area contributed by atoms with Gasteiger partial charge in [-0.15, -0.1) is 0 Å². The van der Waals surface area contributed by atoms with E-state index >= 15 is 0 Å². The maximum absolute atomic E-state index is 4.87. The Labute approximate surface area is 123 Å². The van der Waals surface area contributed by atoms with Crippen molar-refractivity contribution in [2.45, 2.75) is 46.6 Å². The quantitative estimate of drug-likeness (QED) is 0.868. The van der Waals surface area contributed by atoms with Crippen LogP contribution in [0, 0.1) is 11.8 Å². The monoisotopic (exact) mass is 278 g/mol. The van der Waals surface area contributed by atoms with E-state index in [-0.39, 0.29) is 0 Å². The molecule has 1 N–H and O–H groups in total. The van der Waals surface area contributed by atoms with Gasteiger partial charge in [-0.25, -0.2) is 4.98 Å². The van der Waals surface area contributed by atoms with Crippen molar-refractivity contribution in [1.82, 2.24) is 14.9 Å². The summed E-state index contributed by atoms with van der Waals surface area (Å²) in [6, 6.07) is 0. The molecule has 4 nitrogen and oxygen atoms in total. The third-order valence-electron chi connectivity index (χ3n) is 4.02. The van der Waals surface area contributed by atoms with Crippen molar-refractivity contribution in [3.63, 3.8) is 0 Å². The van der Waals surface area contributed by atoms with E-state index in [1.54, 1.807) is 0 Å². The summed E-state index contributed by atoms with van der Waals surface area (Å²) in [5.74, 6) is 2.60. The van der Waals surface area contributed by atoms with Gasteiger partial charge in [0.1, 0.15) is 0 Å². The fraction of sp³-hybridized carbons (Fsp3) is 0.812. The zero-order valence-corrected chi connectivity index (χ0v) is 13.5. The van der Waals surface area contributed by atoms with Crippen LogP contribution in [0.2, 0.25) is 0 Å². The van der Waals surface area contributed by atoms with Gasteiger partial charge in [0.25, 0.3) is 0 Å². The lowest BCUT2D eigenvalue weighted by Crippen LogP contribution is -2.40. The van der Waals surface area contributed by atoms with Gasteiger partial charge in [0.05, 0.1) is 5.69 Å². The van der Waals surface area contributed by atoms with Crippen molar-refractivity contribution in [2.75, 3.05) is 31.6 Å². The topological polar surface area (TPSA) is 33.1 Å². The first-order valence-electron chi connectivity index (χ1n) is 8.09. The first-order valence-corrected chi connectivity index (χ1v) is 8.09. The highest BCUT2D eigenvalue weighted by molar-refractivity contribution is 5.34. The summed E-state index contributed by atoms with van der Waals surface area (Å²) in [5, 5.41) is 3.32. The number of imidazole rings is 1. The van der Waals surface area contributed by atoms with E-state index in [0.29, 0.717) is 5.92 Å². The average Bonchev–Trinajstić information content (AvgIpc) is 2.82. The Balaban J connectivity index is 2.15. The molecular formula is C16H30N4. The van der Waals surface area contributed by atoms with E-state index in [1.165, 1.54) is 24.5 Å². The van der Waals surface area contributed by atoms with Gasteiger partial charge in [-0.05, 0) is 44.7 Å². The summed E-state index contributed by atoms with van der Waals surface area (Å²) in [5.41, 5.74) is 1.22. The largest absolute Gasteiger partial charge is 0.342 e. The lowest BCUT2D eigenvalue weighted by molar-refractivity contribution is 0.394. The number of anilines is 1. The minimum Gasteiger partial charge on any atom is -0.342 e. The smallest absolute Gasteiger partial charge is 0.205 e. The zero-order chi connectivity index (χ0) is 14.5. The Kier molecular flexibility index (Phi) is 5.46. The molecule has 0 saturated carbocycles. The van der Waals surface area contributed by atoms with E-state index in [1.807, 2.05) is 7.05 Å². The summed E-state index contributed by atoms with van der Waals surface area (Å²) in [4.78, 5) is 7.36. The minimum absolute atomic E-state index is 0.658. The van der Waals surface area contributed by atoms with Gasteiger partial charge < -0.3 is 14.8 Å². The standard InChI is InChI=1S/C16H30N4/c1-5-15-12-20(10-13(2)3)16(18-15)19-8-6-7-14(11-19)9-17-4/h12-14,17H,5-11H2,1-4H3. The number of piperidine rings is 1. The highest BCUT2D eigenvalue weighted by Gasteiger charge is 2.23. The van der Waals surface area contributed by atoms with E-state index < -0.39 is 0 Å². The van der Waals surface area contributed by atoms with Crippen LogP contribution in [0.4, 0.5) is 5.95 Å². The highest BCUT2D eigenvalue weighted by atomic mass is 15.3. The third-order valence-corrected chi connectivity index (χ3v) is 4.02. The Hall–Kier alpha value is -1.03. The molecule has 0 radical (unpaired) electrons. The minimum atomic E-state index is 0.658. The lowest BCUT2D eigenvalue weighted by atomic mass is 9.98. The van der Waals surface area contributed by atoms with Crippen molar-refractivity contribution >= 4 is 5.95 Å². The van der Waals surface area contributed by atoms with Gasteiger partial charge in [-0.3, -0.25) is 0 Å². The number of rotatable bonds is 6. The molecule has 4 heteroatoms. The molecule has 0 aromatic carbocycles. The van der Waals surface area contributed by atoms with Crippen molar-refractivity contribution in [2.24, 2.45) is 11.8 Å². The third kappa shape index (κ3) is 3.75. The Bertz CT molecular complexity index is 409. The van der Waals surface area contributed by atoms with Gasteiger partial charge in [0.15, 0.2) is 0 Å². The molecule has 1 atom stereocenters. The first kappa shape index (κ1) is 15.4. The molecule has 0 amide bonds. The zero-order valence-electron chi connectivity index (χ0n) is 13.5. The van der Waals surface area contributed by atoms with Crippen LogP contribution in [-0.4, -0.2) is 36.2 Å². The van der Waals surface area contributed by atoms with Crippen LogP contribution in [0.25, 0.3) is 0 Å². The Morgan fingerprint density at radius 2 is 2.25 bits per heavy atom. The van der Waals surface area contributed by atoms with Gasteiger partial charge in [-0.2, -0.15) is 0 Å². The molecule has 1 unspecified atom stereocenters. The van der Waals surface area contributed by atoms with Crippen LogP contribution in [0.15, 0.2) is 6.20 Å². The molecule has 1 aliphatic heterocycles. The number of nitrogens with one attached hydrogen (secondary N) is 1. The molecule has 1 aliphatic rings. The predicted octanol–water partition coefficient (Wildman–Crippen LogP) is 2.54. The van der Waals surface area contributed by atoms with Crippen molar-refractivity contribution in [1.29, 1.82) is 0 Å². The number of hydrogen-bond acceptors (Lipinski definition) is 3. The second-order valence-corrected chi connectivity index (χ2v) is 6.44. The molecule has 2 rings (SSSR count). The molecule has 1 fully saturated rings. The fourth-order valence-electron chi connectivity index (χ4n) is 3.11. The van der Waals surface area contributed by atoms with E-state index in [4.69, 9.17) is 4.98 Å². The van der Waals surface area contributed by atoms with Gasteiger partial charge in [0, 0.05) is 25.8 Å². The molecule has 114 valence electrons. The molecule has 1 aromatic rings. The van der Waals surface area contributed by atoms with Crippen LogP contribution < -0.4 is 10.2 Å². The highest BCUT2D eigenvalue weighted by Crippen LogP contribution is 2.23. The number of aryl methyl sites for hydroxylation is 1. The van der Waals surface area contributed by atoms with Crippen molar-refractivity contribution in [3.05, 3.63) is 11.9 Å². The number of aromatic nitrogens is 2. The summed E-state index contributed by atoms with van der Waals surface area (Å²) in [6.07, 6.45) is 5.88. The van der Waals surface area contributed by atoms with Crippen molar-refractivity contribution in [3.8, 4) is 0 Å². The SMILES string of the molecule is CCc1cn(CC(C)C)c(N2CCCC(CNC)C2)n1. The van der Waals surface area contributed by atoms with Crippen LogP contribution >= 0.6 is 0 Å². The second kappa shape index (κ2) is 7.11. The molecule has 0 spiro atoms. The Morgan fingerprint density at radius 3 is 2.90 bits per heavy atom. The number of hydrogen-bond donors (Lipinski definition) is 1. The van der Waals surface area contributed by atoms with Crippen molar-refractivity contribution < 1.29 is 0 Å². The molecule has 2 heterocycles. The van der Waals surface area contributed by atoms with E-state index in [9.17, 15) is 0 Å². The van der Waals surface area contributed by atoms with Gasteiger partial charge in [-0.1, -0.05) is 20.8 Å². The molecule has 0 aliphatic carbocycles. The molecule has 1 aromatic heterocycles. The molecule has 0 bridgehead atoms. The predicted molar refractivity (Wildman–Crippen MR) is 85.3 cm³/mol. The number of nitrogens with zero attached hydrogens (tertiary/aromatic N) is 3. The summed E-state index contributed by atoms with van der Waals surface area (Å²) in [7, 11) is 2.05. The summed E-state index contributed by atoms with van der Waals surface area (Å²) >= 11 is 0.